The van der Waals surface area contributed by atoms with E-state index < -0.39 is 0 Å². The molecule has 1 aromatic heterocycles. The normalized spacial score (nSPS) is 21.0. The van der Waals surface area contributed by atoms with Crippen LogP contribution in [0, 0.1) is 17.3 Å². The van der Waals surface area contributed by atoms with Crippen molar-refractivity contribution >= 4 is 23.0 Å². The van der Waals surface area contributed by atoms with E-state index in [1.54, 1.807) is 0 Å². The summed E-state index contributed by atoms with van der Waals surface area (Å²) in [4.78, 5) is 16.5. The molecule has 1 heterocycles. The monoisotopic (exact) mass is 473 g/mol. The Hall–Kier alpha value is -1.77. The average Bonchev–Trinajstić information content (AvgIpc) is 3.21. The van der Waals surface area contributed by atoms with Gasteiger partial charge in [0.15, 0.2) is 0 Å². The van der Waals surface area contributed by atoms with Gasteiger partial charge in [-0.2, -0.15) is 0 Å². The number of hydrogen-bond donors (Lipinski definition) is 0. The van der Waals surface area contributed by atoms with Gasteiger partial charge in [0.25, 0.3) is 0 Å². The van der Waals surface area contributed by atoms with Crippen molar-refractivity contribution in [2.24, 2.45) is 5.41 Å². The number of thiophene rings is 1. The van der Waals surface area contributed by atoms with E-state index >= 15 is 0 Å². The Balaban J connectivity index is 2.38. The highest BCUT2D eigenvalue weighted by Crippen LogP contribution is 2.41. The van der Waals surface area contributed by atoms with Crippen molar-refractivity contribution in [1.82, 2.24) is 0 Å². The molecule has 1 aliphatic rings. The molecular weight excluding hydrogens is 430 g/mol. The smallest absolute Gasteiger partial charge is 0.350 e. The minimum Gasteiger partial charge on any atom is -0.465 e. The van der Waals surface area contributed by atoms with E-state index in [1.807, 2.05) is 0 Å². The minimum atomic E-state index is -0.295. The lowest BCUT2D eigenvalue weighted by atomic mass is 9.78. The van der Waals surface area contributed by atoms with Crippen molar-refractivity contribution in [2.45, 2.75) is 105 Å². The Morgan fingerprint density at radius 1 is 1.24 bits per heavy atom. The number of anilines is 1. The second-order valence-corrected chi connectivity index (χ2v) is 11.1. The Bertz CT molecular complexity index is 845. The fourth-order valence-electron chi connectivity index (χ4n) is 4.39. The number of rotatable bonds is 10. The number of allylic oxidation sites excluding steroid dienone is 1. The van der Waals surface area contributed by atoms with Crippen molar-refractivity contribution in [3.05, 3.63) is 28.1 Å². The van der Waals surface area contributed by atoms with Crippen molar-refractivity contribution < 1.29 is 14.3 Å². The second kappa shape index (κ2) is 12.6. The molecule has 0 saturated heterocycles. The van der Waals surface area contributed by atoms with Gasteiger partial charge in [-0.05, 0) is 71.8 Å². The first-order valence-corrected chi connectivity index (χ1v) is 13.3. The zero-order chi connectivity index (χ0) is 24.5. The van der Waals surface area contributed by atoms with E-state index in [4.69, 9.17) is 9.47 Å². The van der Waals surface area contributed by atoms with E-state index in [1.165, 1.54) is 18.4 Å². The highest BCUT2D eigenvalue weighted by Gasteiger charge is 2.38. The lowest BCUT2D eigenvalue weighted by molar-refractivity contribution is -0.0782. The van der Waals surface area contributed by atoms with Crippen molar-refractivity contribution in [1.29, 1.82) is 0 Å². The summed E-state index contributed by atoms with van der Waals surface area (Å²) in [5.74, 6) is 6.28. The van der Waals surface area contributed by atoms with E-state index in [-0.39, 0.29) is 17.0 Å². The molecule has 0 N–H and O–H groups in total. The van der Waals surface area contributed by atoms with E-state index in [0.717, 1.165) is 68.5 Å². The molecule has 5 heteroatoms. The highest BCUT2D eigenvalue weighted by molar-refractivity contribution is 7.15. The zero-order valence-corrected chi connectivity index (χ0v) is 22.6. The quantitative estimate of drug-likeness (QED) is 0.259. The van der Waals surface area contributed by atoms with Gasteiger partial charge in [-0.3, -0.25) is 0 Å². The predicted molar refractivity (Wildman–Crippen MR) is 140 cm³/mol. The second-order valence-electron chi connectivity index (χ2n) is 10.0. The van der Waals surface area contributed by atoms with Crippen molar-refractivity contribution in [3.8, 4) is 11.8 Å². The molecule has 1 fully saturated rings. The molecule has 1 aliphatic carbocycles. The summed E-state index contributed by atoms with van der Waals surface area (Å²) in [6.45, 7) is 13.7. The molecule has 33 heavy (non-hydrogen) atoms. The predicted octanol–water partition coefficient (Wildman–Crippen LogP) is 7.57. The molecule has 0 bridgehead atoms. The molecule has 184 valence electrons. The van der Waals surface area contributed by atoms with Crippen LogP contribution in [0.2, 0.25) is 0 Å². The third kappa shape index (κ3) is 7.90. The number of ether oxygens (including phenoxy) is 2. The van der Waals surface area contributed by atoms with Gasteiger partial charge < -0.3 is 14.4 Å². The molecule has 0 radical (unpaired) electrons. The van der Waals surface area contributed by atoms with Crippen LogP contribution in [0.15, 0.2) is 18.3 Å². The molecule has 1 aromatic rings. The number of methoxy groups -OCH3 is 1. The fourth-order valence-corrected chi connectivity index (χ4v) is 5.32. The first-order chi connectivity index (χ1) is 15.7. The van der Waals surface area contributed by atoms with E-state index in [2.05, 4.69) is 76.6 Å². The molecule has 2 rings (SSSR count). The number of esters is 1. The standard InChI is InChI=1S/C28H43NO3S/c1-8-11-19-29(22-12-17-28(15-9-2,18-13-22)32-20-10-3)24-21-23(14-16-27(4,5)6)33-25(24)26(30)31-7/h11,19,21-22H,8-10,12-13,15,17-18,20H2,1-7H3/b19-11-. The Morgan fingerprint density at radius 3 is 2.48 bits per heavy atom. The molecule has 0 amide bonds. The SMILES string of the molecule is CC/C=C\N(c1cc(C#CC(C)(C)C)sc1C(=O)OC)C1CCC(CCC)(OCCC)CC1. The van der Waals surface area contributed by atoms with Crippen LogP contribution in [0.5, 0.6) is 0 Å². The summed E-state index contributed by atoms with van der Waals surface area (Å²) in [5, 5.41) is 0. The Labute approximate surface area is 205 Å². The topological polar surface area (TPSA) is 38.8 Å². The Morgan fingerprint density at radius 2 is 1.94 bits per heavy atom. The van der Waals surface area contributed by atoms with Gasteiger partial charge in [0.2, 0.25) is 0 Å². The molecular formula is C28H43NO3S. The maximum atomic E-state index is 12.7. The van der Waals surface area contributed by atoms with Gasteiger partial charge in [0.1, 0.15) is 4.88 Å². The first kappa shape index (κ1) is 27.5. The number of nitrogens with zero attached hydrogens (tertiary/aromatic N) is 1. The van der Waals surface area contributed by atoms with Crippen LogP contribution < -0.4 is 4.90 Å². The van der Waals surface area contributed by atoms with Gasteiger partial charge in [0, 0.05) is 24.3 Å². The summed E-state index contributed by atoms with van der Waals surface area (Å²) in [5.41, 5.74) is 0.823. The molecule has 4 nitrogen and oxygen atoms in total. The largest absolute Gasteiger partial charge is 0.465 e. The molecule has 0 spiro atoms. The van der Waals surface area contributed by atoms with Gasteiger partial charge in [0.05, 0.1) is 23.3 Å². The summed E-state index contributed by atoms with van der Waals surface area (Å²) in [7, 11) is 1.45. The molecule has 0 aromatic carbocycles. The van der Waals surface area contributed by atoms with Crippen LogP contribution in [0.3, 0.4) is 0 Å². The number of hydrogen-bond acceptors (Lipinski definition) is 5. The summed E-state index contributed by atoms with van der Waals surface area (Å²) in [6, 6.07) is 2.39. The minimum absolute atomic E-state index is 0.00453. The average molecular weight is 474 g/mol. The van der Waals surface area contributed by atoms with E-state index in [9.17, 15) is 4.79 Å². The maximum absolute atomic E-state index is 12.7. The zero-order valence-electron chi connectivity index (χ0n) is 21.8. The van der Waals surface area contributed by atoms with Crippen LogP contribution in [0.25, 0.3) is 0 Å². The highest BCUT2D eigenvalue weighted by atomic mass is 32.1. The lowest BCUT2D eigenvalue weighted by Crippen LogP contribution is -2.43. The van der Waals surface area contributed by atoms with Gasteiger partial charge >= 0.3 is 5.97 Å². The molecule has 1 saturated carbocycles. The molecule has 0 atom stereocenters. The third-order valence-corrected chi connectivity index (χ3v) is 7.02. The van der Waals surface area contributed by atoms with E-state index in [0.29, 0.717) is 10.9 Å². The van der Waals surface area contributed by atoms with Gasteiger partial charge in [-0.1, -0.05) is 45.1 Å². The molecule has 0 aliphatic heterocycles. The summed E-state index contributed by atoms with van der Waals surface area (Å²) >= 11 is 1.43. The van der Waals surface area contributed by atoms with Gasteiger partial charge in [-0.25, -0.2) is 4.79 Å². The van der Waals surface area contributed by atoms with Crippen LogP contribution >= 0.6 is 11.3 Å². The van der Waals surface area contributed by atoms with Crippen LogP contribution in [-0.4, -0.2) is 31.3 Å². The Kier molecular flexibility index (Phi) is 10.5. The number of carbonyl (C=O) groups is 1. The fraction of sp³-hybridized carbons (Fsp3) is 0.679. The first-order valence-electron chi connectivity index (χ1n) is 12.5. The van der Waals surface area contributed by atoms with Crippen LogP contribution in [0.1, 0.15) is 107 Å². The van der Waals surface area contributed by atoms with Crippen LogP contribution in [-0.2, 0) is 9.47 Å². The van der Waals surface area contributed by atoms with Crippen LogP contribution in [0.4, 0.5) is 5.69 Å². The summed E-state index contributed by atoms with van der Waals surface area (Å²) in [6.07, 6.45) is 12.7. The summed E-state index contributed by atoms with van der Waals surface area (Å²) < 4.78 is 11.5. The van der Waals surface area contributed by atoms with Crippen molar-refractivity contribution in [2.75, 3.05) is 18.6 Å². The molecule has 0 unspecified atom stereocenters. The maximum Gasteiger partial charge on any atom is 0.350 e. The van der Waals surface area contributed by atoms with Crippen molar-refractivity contribution in [3.63, 3.8) is 0 Å². The lowest BCUT2D eigenvalue weighted by Gasteiger charge is -2.43. The number of carbonyl (C=O) groups excluding carboxylic acids is 1. The third-order valence-electron chi connectivity index (χ3n) is 6.00. The van der Waals surface area contributed by atoms with Gasteiger partial charge in [-0.15, -0.1) is 11.3 Å².